The smallest absolute Gasteiger partial charge is 0.373 e. The maximum atomic E-state index is 5.79. The van der Waals surface area contributed by atoms with Crippen molar-refractivity contribution >= 4 is 8.80 Å². The molecule has 1 rings (SSSR count). The van der Waals surface area contributed by atoms with Crippen molar-refractivity contribution in [3.63, 3.8) is 0 Å². The molecule has 1 saturated heterocycles. The quantitative estimate of drug-likeness (QED) is 0.578. The van der Waals surface area contributed by atoms with Crippen LogP contribution in [0.25, 0.3) is 0 Å². The van der Waals surface area contributed by atoms with Crippen LogP contribution in [0.3, 0.4) is 0 Å². The molecule has 2 N–H and O–H groups in total. The molecule has 1 aliphatic heterocycles. The Bertz CT molecular complexity index is 199. The van der Waals surface area contributed by atoms with Gasteiger partial charge in [-0.15, -0.1) is 0 Å². The summed E-state index contributed by atoms with van der Waals surface area (Å²) >= 11 is 0. The fraction of sp³-hybridized carbons (Fsp3) is 1.00. The summed E-state index contributed by atoms with van der Waals surface area (Å²) in [6.07, 6.45) is 0.641. The third-order valence-corrected chi connectivity index (χ3v) is 5.51. The summed E-state index contributed by atoms with van der Waals surface area (Å²) in [4.78, 5) is 0. The average molecular weight is 277 g/mol. The van der Waals surface area contributed by atoms with Crippen LogP contribution in [0, 0.1) is 0 Å². The van der Waals surface area contributed by atoms with E-state index in [2.05, 4.69) is 15.8 Å². The number of hydrogen-bond donors (Lipinski definition) is 2. The fourth-order valence-electron chi connectivity index (χ4n) is 1.97. The lowest BCUT2D eigenvalue weighted by Gasteiger charge is -2.33. The Balaban J connectivity index is 2.46. The number of piperazine rings is 1. The van der Waals surface area contributed by atoms with Gasteiger partial charge in [0.25, 0.3) is 0 Å². The van der Waals surface area contributed by atoms with Gasteiger partial charge in [-0.25, -0.2) is 5.01 Å². The molecule has 0 saturated carbocycles. The van der Waals surface area contributed by atoms with Gasteiger partial charge in [-0.3, -0.25) is 5.43 Å². The first-order chi connectivity index (χ1) is 8.76. The minimum atomic E-state index is -2.55. The van der Waals surface area contributed by atoms with Crippen LogP contribution in [0.15, 0.2) is 0 Å². The molecule has 0 bridgehead atoms. The third kappa shape index (κ3) is 5.31. The number of hydrogen-bond acceptors (Lipinski definition) is 6. The van der Waals surface area contributed by atoms with Crippen LogP contribution in [0.5, 0.6) is 0 Å². The standard InChI is InChI=1S/C11H27N3O3Si/c1-4-15-18(16-5-2,17-6-3)11-13-14-9-7-12-8-10-14/h12-13H,4-11H2,1-3H3. The summed E-state index contributed by atoms with van der Waals surface area (Å²) in [6.45, 7) is 11.8. The van der Waals surface area contributed by atoms with Crippen molar-refractivity contribution in [2.75, 3.05) is 52.2 Å². The Kier molecular flexibility index (Phi) is 7.99. The molecule has 0 aliphatic carbocycles. The van der Waals surface area contributed by atoms with E-state index >= 15 is 0 Å². The van der Waals surface area contributed by atoms with E-state index < -0.39 is 8.80 Å². The zero-order valence-corrected chi connectivity index (χ0v) is 12.8. The Morgan fingerprint density at radius 2 is 1.50 bits per heavy atom. The third-order valence-electron chi connectivity index (χ3n) is 2.73. The molecule has 18 heavy (non-hydrogen) atoms. The summed E-state index contributed by atoms with van der Waals surface area (Å²) < 4.78 is 17.4. The first-order valence-electron chi connectivity index (χ1n) is 6.87. The molecule has 0 aromatic heterocycles. The van der Waals surface area contributed by atoms with Crippen molar-refractivity contribution in [3.05, 3.63) is 0 Å². The largest absolute Gasteiger partial charge is 0.516 e. The molecular weight excluding hydrogens is 250 g/mol. The molecule has 6 nitrogen and oxygen atoms in total. The molecule has 1 aliphatic rings. The van der Waals surface area contributed by atoms with Crippen LogP contribution in [-0.2, 0) is 13.3 Å². The molecule has 0 unspecified atom stereocenters. The van der Waals surface area contributed by atoms with E-state index in [0.717, 1.165) is 26.2 Å². The van der Waals surface area contributed by atoms with Crippen molar-refractivity contribution in [1.82, 2.24) is 15.8 Å². The van der Waals surface area contributed by atoms with Gasteiger partial charge in [-0.1, -0.05) is 0 Å². The van der Waals surface area contributed by atoms with Gasteiger partial charge in [0.15, 0.2) is 0 Å². The molecule has 7 heteroatoms. The molecule has 0 spiro atoms. The van der Waals surface area contributed by atoms with E-state index in [1.807, 2.05) is 20.8 Å². The SMILES string of the molecule is CCO[Si](CNN1CCNCC1)(OCC)OCC. The highest BCUT2D eigenvalue weighted by Crippen LogP contribution is 2.09. The Labute approximate surface area is 111 Å². The van der Waals surface area contributed by atoms with E-state index in [0.29, 0.717) is 26.0 Å². The molecule has 0 atom stereocenters. The predicted molar refractivity (Wildman–Crippen MR) is 73.1 cm³/mol. The average Bonchev–Trinajstić information content (AvgIpc) is 2.39. The van der Waals surface area contributed by atoms with E-state index in [1.54, 1.807) is 0 Å². The van der Waals surface area contributed by atoms with Crippen LogP contribution in [0.1, 0.15) is 20.8 Å². The van der Waals surface area contributed by atoms with E-state index in [9.17, 15) is 0 Å². The highest BCUT2D eigenvalue weighted by molar-refractivity contribution is 6.60. The lowest BCUT2D eigenvalue weighted by atomic mass is 10.4. The molecule has 1 fully saturated rings. The lowest BCUT2D eigenvalue weighted by Crippen LogP contribution is -2.60. The van der Waals surface area contributed by atoms with Crippen molar-refractivity contribution in [3.8, 4) is 0 Å². The van der Waals surface area contributed by atoms with Gasteiger partial charge in [-0.2, -0.15) is 0 Å². The van der Waals surface area contributed by atoms with Crippen molar-refractivity contribution in [2.45, 2.75) is 20.8 Å². The summed E-state index contributed by atoms with van der Waals surface area (Å²) in [5, 5.41) is 5.53. The number of nitrogens with zero attached hydrogens (tertiary/aromatic N) is 1. The molecule has 0 radical (unpaired) electrons. The van der Waals surface area contributed by atoms with E-state index in [4.69, 9.17) is 13.3 Å². The van der Waals surface area contributed by atoms with E-state index in [1.165, 1.54) is 0 Å². The summed E-state index contributed by atoms with van der Waals surface area (Å²) in [5.41, 5.74) is 3.40. The van der Waals surface area contributed by atoms with Crippen molar-refractivity contribution in [2.24, 2.45) is 0 Å². The molecule has 1 heterocycles. The van der Waals surface area contributed by atoms with Crippen LogP contribution in [0.2, 0.25) is 0 Å². The normalized spacial score (nSPS) is 18.2. The highest BCUT2D eigenvalue weighted by Gasteiger charge is 2.40. The second-order valence-electron chi connectivity index (χ2n) is 4.05. The maximum Gasteiger partial charge on any atom is 0.516 e. The first-order valence-corrected chi connectivity index (χ1v) is 8.80. The first kappa shape index (κ1) is 16.0. The van der Waals surface area contributed by atoms with Crippen LogP contribution in [0.4, 0.5) is 0 Å². The zero-order valence-electron chi connectivity index (χ0n) is 11.8. The predicted octanol–water partition coefficient (Wildman–Crippen LogP) is -0.0162. The molecule has 108 valence electrons. The van der Waals surface area contributed by atoms with Gasteiger partial charge in [0.05, 0.1) is 6.17 Å². The molecule has 0 aromatic carbocycles. The number of hydrazine groups is 1. The Morgan fingerprint density at radius 1 is 1.00 bits per heavy atom. The topological polar surface area (TPSA) is 55.0 Å². The van der Waals surface area contributed by atoms with E-state index in [-0.39, 0.29) is 0 Å². The van der Waals surface area contributed by atoms with Gasteiger partial charge in [-0.05, 0) is 20.8 Å². The molecular formula is C11H27N3O3Si. The second kappa shape index (κ2) is 8.97. The van der Waals surface area contributed by atoms with Crippen molar-refractivity contribution in [1.29, 1.82) is 0 Å². The monoisotopic (exact) mass is 277 g/mol. The summed E-state index contributed by atoms with van der Waals surface area (Å²) in [6, 6.07) is 0. The van der Waals surface area contributed by atoms with Crippen LogP contribution >= 0.6 is 0 Å². The minimum Gasteiger partial charge on any atom is -0.373 e. The Morgan fingerprint density at radius 3 is 1.94 bits per heavy atom. The van der Waals surface area contributed by atoms with Crippen LogP contribution < -0.4 is 10.7 Å². The number of rotatable bonds is 9. The summed E-state index contributed by atoms with van der Waals surface area (Å²) in [5.74, 6) is 0. The van der Waals surface area contributed by atoms with Gasteiger partial charge in [0.1, 0.15) is 0 Å². The van der Waals surface area contributed by atoms with Gasteiger partial charge in [0.2, 0.25) is 0 Å². The molecule has 0 amide bonds. The summed E-state index contributed by atoms with van der Waals surface area (Å²) in [7, 11) is -2.55. The Hall–Kier alpha value is -0.0231. The van der Waals surface area contributed by atoms with Gasteiger partial charge in [0, 0.05) is 46.0 Å². The second-order valence-corrected chi connectivity index (χ2v) is 6.64. The maximum absolute atomic E-state index is 5.79. The number of nitrogens with one attached hydrogen (secondary N) is 2. The highest BCUT2D eigenvalue weighted by atomic mass is 28.4. The van der Waals surface area contributed by atoms with Crippen LogP contribution in [-0.4, -0.2) is 66.0 Å². The minimum absolute atomic E-state index is 0.620. The zero-order chi connectivity index (χ0) is 13.3. The van der Waals surface area contributed by atoms with Gasteiger partial charge < -0.3 is 18.6 Å². The van der Waals surface area contributed by atoms with Crippen molar-refractivity contribution < 1.29 is 13.3 Å². The fourth-order valence-corrected chi connectivity index (χ4v) is 4.26. The van der Waals surface area contributed by atoms with Gasteiger partial charge >= 0.3 is 8.80 Å². The lowest BCUT2D eigenvalue weighted by molar-refractivity contribution is 0.0585. The molecule has 0 aromatic rings.